The summed E-state index contributed by atoms with van der Waals surface area (Å²) in [4.78, 5) is 2.24. The minimum atomic E-state index is -1.75. The summed E-state index contributed by atoms with van der Waals surface area (Å²) < 4.78 is 7.57. The number of hydrogen-bond donors (Lipinski definition) is 0. The fraction of sp³-hybridized carbons (Fsp3) is 0.538. The van der Waals surface area contributed by atoms with Gasteiger partial charge in [-0.2, -0.15) is 0 Å². The van der Waals surface area contributed by atoms with E-state index in [1.165, 1.54) is 8.57 Å². The van der Waals surface area contributed by atoms with Crippen LogP contribution >= 0.6 is 33.9 Å². The first-order valence-electron chi connectivity index (χ1n) is 6.34. The van der Waals surface area contributed by atoms with Gasteiger partial charge in [0.2, 0.25) is 8.32 Å². The molecule has 0 aliphatic carbocycles. The zero-order valence-corrected chi connectivity index (χ0v) is 16.1. The third-order valence-corrected chi connectivity index (χ3v) is 10.2. The zero-order chi connectivity index (χ0) is 14.3. The molecule has 1 aliphatic rings. The number of rotatable bonds is 3. The van der Waals surface area contributed by atoms with Gasteiger partial charge in [-0.1, -0.05) is 20.8 Å². The third-order valence-electron chi connectivity index (χ3n) is 3.72. The van der Waals surface area contributed by atoms with Crippen LogP contribution in [0, 0.1) is 3.57 Å². The molecule has 0 N–H and O–H groups in total. The Balaban J connectivity index is 2.01. The van der Waals surface area contributed by atoms with Gasteiger partial charge in [0.1, 0.15) is 11.7 Å². The third kappa shape index (κ3) is 3.34. The van der Waals surface area contributed by atoms with E-state index >= 15 is 0 Å². The number of halogens is 1. The minimum Gasteiger partial charge on any atom is -0.318 e. The Labute approximate surface area is 134 Å². The highest BCUT2D eigenvalue weighted by Crippen LogP contribution is 2.38. The lowest BCUT2D eigenvalue weighted by Crippen LogP contribution is -2.45. The fourth-order valence-corrected chi connectivity index (χ4v) is 4.37. The molecular weight excluding hydrogens is 387 g/mol. The first-order chi connectivity index (χ1) is 8.71. The van der Waals surface area contributed by atoms with E-state index in [-0.39, 0.29) is 5.04 Å². The summed E-state index contributed by atoms with van der Waals surface area (Å²) in [5.41, 5.74) is 0. The average molecular weight is 408 g/mol. The van der Waals surface area contributed by atoms with Crippen molar-refractivity contribution >= 4 is 47.2 Å². The molecule has 1 aliphatic heterocycles. The highest BCUT2D eigenvalue weighted by Gasteiger charge is 2.40. The maximum Gasteiger partial charge on any atom is 0.228 e. The summed E-state index contributed by atoms with van der Waals surface area (Å²) in [5, 5.41) is 5.62. The molecule has 0 fully saturated rings. The van der Waals surface area contributed by atoms with Crippen LogP contribution in [0.15, 0.2) is 23.8 Å². The molecule has 0 radical (unpaired) electrons. The number of nitrogens with zero attached hydrogens (tertiary/aromatic N) is 2. The van der Waals surface area contributed by atoms with E-state index in [9.17, 15) is 0 Å². The topological polar surface area (TPSA) is 15.7 Å². The molecule has 0 bridgehead atoms. The predicted octanol–water partition coefficient (Wildman–Crippen LogP) is 4.84. The van der Waals surface area contributed by atoms with Crippen LogP contribution in [-0.4, -0.2) is 20.0 Å². The van der Waals surface area contributed by atoms with Crippen LogP contribution in [0.4, 0.5) is 5.00 Å². The molecule has 2 heterocycles. The van der Waals surface area contributed by atoms with E-state index in [0.29, 0.717) is 0 Å². The van der Waals surface area contributed by atoms with Crippen molar-refractivity contribution < 1.29 is 4.53 Å². The second kappa shape index (κ2) is 5.38. The minimum absolute atomic E-state index is 0.228. The molecule has 0 saturated carbocycles. The van der Waals surface area contributed by atoms with Crippen molar-refractivity contribution in [2.45, 2.75) is 38.9 Å². The molecule has 0 amide bonds. The van der Waals surface area contributed by atoms with Gasteiger partial charge in [0.05, 0.1) is 0 Å². The summed E-state index contributed by atoms with van der Waals surface area (Å²) >= 11 is 4.15. The molecule has 19 heavy (non-hydrogen) atoms. The van der Waals surface area contributed by atoms with Crippen molar-refractivity contribution in [1.82, 2.24) is 5.06 Å². The molecule has 106 valence electrons. The molecular formula is C13H21IN2OSSi. The number of hydroxylamine groups is 2. The average Bonchev–Trinajstić information content (AvgIpc) is 2.84. The first kappa shape index (κ1) is 15.3. The van der Waals surface area contributed by atoms with Gasteiger partial charge in [0.15, 0.2) is 0 Å². The van der Waals surface area contributed by atoms with E-state index in [1.807, 2.05) is 11.3 Å². The van der Waals surface area contributed by atoms with E-state index in [1.54, 1.807) is 11.3 Å². The molecule has 3 nitrogen and oxygen atoms in total. The smallest absolute Gasteiger partial charge is 0.228 e. The van der Waals surface area contributed by atoms with Gasteiger partial charge in [0.25, 0.3) is 0 Å². The maximum absolute atomic E-state index is 6.28. The van der Waals surface area contributed by atoms with Gasteiger partial charge in [-0.05, 0) is 52.2 Å². The summed E-state index contributed by atoms with van der Waals surface area (Å²) in [6.07, 6.45) is 4.14. The molecule has 0 unspecified atom stereocenters. The molecule has 0 spiro atoms. The lowest BCUT2D eigenvalue weighted by atomic mass is 10.2. The van der Waals surface area contributed by atoms with Crippen molar-refractivity contribution in [3.63, 3.8) is 0 Å². The molecule has 0 aromatic carbocycles. The zero-order valence-electron chi connectivity index (χ0n) is 12.1. The van der Waals surface area contributed by atoms with E-state index in [0.717, 1.165) is 6.67 Å². The number of thiophene rings is 1. The van der Waals surface area contributed by atoms with Crippen LogP contribution in [0.3, 0.4) is 0 Å². The summed E-state index contributed by atoms with van der Waals surface area (Å²) in [6, 6.07) is 2.14. The Morgan fingerprint density at radius 1 is 1.32 bits per heavy atom. The van der Waals surface area contributed by atoms with Crippen LogP contribution in [0.5, 0.6) is 0 Å². The van der Waals surface area contributed by atoms with E-state index in [2.05, 4.69) is 79.0 Å². The highest BCUT2D eigenvalue weighted by molar-refractivity contribution is 14.1. The molecule has 6 heteroatoms. The van der Waals surface area contributed by atoms with Gasteiger partial charge in [-0.3, -0.25) is 5.06 Å². The number of hydrogen-bond acceptors (Lipinski definition) is 4. The molecule has 0 atom stereocenters. The van der Waals surface area contributed by atoms with Gasteiger partial charge < -0.3 is 9.43 Å². The van der Waals surface area contributed by atoms with Crippen molar-refractivity contribution in [3.05, 3.63) is 27.4 Å². The lowest BCUT2D eigenvalue weighted by Gasteiger charge is -2.38. The standard InChI is InChI=1S/C13H21IN2OSSi/c1-13(2,3)19(4,5)17-16-8-7-15(10-16)12-11(14)6-9-18-12/h6-9H,10H2,1-5H3. The van der Waals surface area contributed by atoms with Crippen molar-refractivity contribution in [2.24, 2.45) is 0 Å². The van der Waals surface area contributed by atoms with Crippen LogP contribution < -0.4 is 4.90 Å². The lowest BCUT2D eigenvalue weighted by molar-refractivity contribution is -0.0135. The normalized spacial score (nSPS) is 16.5. The Kier molecular flexibility index (Phi) is 4.34. The predicted molar refractivity (Wildman–Crippen MR) is 93.6 cm³/mol. The van der Waals surface area contributed by atoms with Gasteiger partial charge in [0, 0.05) is 16.0 Å². The van der Waals surface area contributed by atoms with Gasteiger partial charge in [-0.15, -0.1) is 11.3 Å². The fourth-order valence-electron chi connectivity index (χ4n) is 1.51. The van der Waals surface area contributed by atoms with Crippen LogP contribution in [-0.2, 0) is 4.53 Å². The maximum atomic E-state index is 6.28. The van der Waals surface area contributed by atoms with Gasteiger partial charge in [-0.25, -0.2) is 0 Å². The van der Waals surface area contributed by atoms with Crippen LogP contribution in [0.2, 0.25) is 18.1 Å². The summed E-state index contributed by atoms with van der Waals surface area (Å²) in [5.74, 6) is 0. The summed E-state index contributed by atoms with van der Waals surface area (Å²) in [7, 11) is -1.75. The van der Waals surface area contributed by atoms with Crippen molar-refractivity contribution in [1.29, 1.82) is 0 Å². The number of anilines is 1. The van der Waals surface area contributed by atoms with Crippen molar-refractivity contribution in [2.75, 3.05) is 11.6 Å². The quantitative estimate of drug-likeness (QED) is 0.526. The highest BCUT2D eigenvalue weighted by atomic mass is 127. The SMILES string of the molecule is CC(C)(C)[Si](C)(C)ON1C=CN(c2sccc2I)C1. The Morgan fingerprint density at radius 3 is 2.53 bits per heavy atom. The molecule has 1 aromatic heterocycles. The van der Waals surface area contributed by atoms with Gasteiger partial charge >= 0.3 is 0 Å². The molecule has 2 rings (SSSR count). The second-order valence-corrected chi connectivity index (χ2v) is 13.0. The Hall–Kier alpha value is -0.0531. The van der Waals surface area contributed by atoms with Crippen LogP contribution in [0.1, 0.15) is 20.8 Å². The second-order valence-electron chi connectivity index (χ2n) is 6.25. The van der Waals surface area contributed by atoms with E-state index < -0.39 is 8.32 Å². The van der Waals surface area contributed by atoms with Crippen LogP contribution in [0.25, 0.3) is 0 Å². The molecule has 0 saturated heterocycles. The Morgan fingerprint density at radius 2 is 2.00 bits per heavy atom. The van der Waals surface area contributed by atoms with E-state index in [4.69, 9.17) is 4.53 Å². The summed E-state index contributed by atoms with van der Waals surface area (Å²) in [6.45, 7) is 12.1. The Bertz CT molecular complexity index is 481. The van der Waals surface area contributed by atoms with Crippen molar-refractivity contribution in [3.8, 4) is 0 Å². The first-order valence-corrected chi connectivity index (χ1v) is 11.2. The molecule has 1 aromatic rings. The largest absolute Gasteiger partial charge is 0.318 e. The monoisotopic (exact) mass is 408 g/mol.